The van der Waals surface area contributed by atoms with Gasteiger partial charge in [-0.3, -0.25) is 0 Å². The van der Waals surface area contributed by atoms with Gasteiger partial charge in [0.1, 0.15) is 0 Å². The lowest BCUT2D eigenvalue weighted by atomic mass is 10.1. The fraction of sp³-hybridized carbons (Fsp3) is 0.333. The fourth-order valence-electron chi connectivity index (χ4n) is 0.962. The average molecular weight is 183 g/mol. The van der Waals surface area contributed by atoms with Gasteiger partial charge in [-0.05, 0) is 24.0 Å². The van der Waals surface area contributed by atoms with Crippen molar-refractivity contribution in [3.05, 3.63) is 29.8 Å². The van der Waals surface area contributed by atoms with E-state index in [1.54, 1.807) is 11.8 Å². The Morgan fingerprint density at radius 3 is 2.42 bits per heavy atom. The highest BCUT2D eigenvalue weighted by Gasteiger charge is 2.03. The van der Waals surface area contributed by atoms with Crippen LogP contribution >= 0.6 is 11.8 Å². The quantitative estimate of drug-likeness (QED) is 0.696. The van der Waals surface area contributed by atoms with E-state index in [0.29, 0.717) is 0 Å². The lowest BCUT2D eigenvalue weighted by Crippen LogP contribution is -2.11. The molecule has 1 atom stereocenters. The molecule has 0 aliphatic heterocycles. The lowest BCUT2D eigenvalue weighted by molar-refractivity contribution is 0.186. The lowest BCUT2D eigenvalue weighted by Gasteiger charge is -2.07. The number of benzene rings is 1. The van der Waals surface area contributed by atoms with Crippen LogP contribution in [0, 0.1) is 0 Å². The maximum atomic E-state index is 9.36. The van der Waals surface area contributed by atoms with Gasteiger partial charge in [0.25, 0.3) is 0 Å². The van der Waals surface area contributed by atoms with Gasteiger partial charge in [-0.1, -0.05) is 12.1 Å². The van der Waals surface area contributed by atoms with Crippen LogP contribution in [0.5, 0.6) is 0 Å². The van der Waals surface area contributed by atoms with Gasteiger partial charge in [0.05, 0.1) is 6.10 Å². The van der Waals surface area contributed by atoms with E-state index in [0.717, 1.165) is 5.56 Å². The Balaban J connectivity index is 2.77. The number of nitrogens with two attached hydrogens (primary N) is 1. The maximum Gasteiger partial charge on any atom is 0.0912 e. The summed E-state index contributed by atoms with van der Waals surface area (Å²) in [5.74, 6) is 0. The van der Waals surface area contributed by atoms with Crippen LogP contribution < -0.4 is 5.73 Å². The van der Waals surface area contributed by atoms with Crippen molar-refractivity contribution < 1.29 is 5.11 Å². The molecule has 0 spiro atoms. The second-order valence-corrected chi connectivity index (χ2v) is 3.40. The Morgan fingerprint density at radius 1 is 1.42 bits per heavy atom. The summed E-state index contributed by atoms with van der Waals surface area (Å²) in [6.45, 7) is 0.276. The van der Waals surface area contributed by atoms with E-state index in [1.807, 2.05) is 30.5 Å². The normalized spacial score (nSPS) is 12.9. The summed E-state index contributed by atoms with van der Waals surface area (Å²) in [5, 5.41) is 9.36. The minimum Gasteiger partial charge on any atom is -0.387 e. The van der Waals surface area contributed by atoms with Crippen molar-refractivity contribution >= 4 is 11.8 Å². The molecule has 0 fully saturated rings. The van der Waals surface area contributed by atoms with Crippen molar-refractivity contribution in [2.75, 3.05) is 12.8 Å². The molecule has 0 radical (unpaired) electrons. The smallest absolute Gasteiger partial charge is 0.0912 e. The van der Waals surface area contributed by atoms with Crippen molar-refractivity contribution in [3.63, 3.8) is 0 Å². The zero-order valence-electron chi connectivity index (χ0n) is 7.03. The van der Waals surface area contributed by atoms with Crippen LogP contribution in [0.25, 0.3) is 0 Å². The van der Waals surface area contributed by atoms with E-state index in [-0.39, 0.29) is 6.54 Å². The summed E-state index contributed by atoms with van der Waals surface area (Å²) in [5.41, 5.74) is 6.20. The summed E-state index contributed by atoms with van der Waals surface area (Å²) in [7, 11) is 0. The number of aliphatic hydroxyl groups excluding tert-OH is 1. The molecule has 3 N–H and O–H groups in total. The zero-order valence-corrected chi connectivity index (χ0v) is 7.84. The largest absolute Gasteiger partial charge is 0.387 e. The predicted octanol–water partition coefficient (Wildman–Crippen LogP) is 1.40. The van der Waals surface area contributed by atoms with Crippen molar-refractivity contribution in [2.24, 2.45) is 5.73 Å². The van der Waals surface area contributed by atoms with E-state index in [2.05, 4.69) is 0 Å². The van der Waals surface area contributed by atoms with Crippen LogP contribution in [0.4, 0.5) is 0 Å². The van der Waals surface area contributed by atoms with Gasteiger partial charge in [0.2, 0.25) is 0 Å². The molecule has 0 amide bonds. The summed E-state index contributed by atoms with van der Waals surface area (Å²) in [6.07, 6.45) is 1.50. The summed E-state index contributed by atoms with van der Waals surface area (Å²) >= 11 is 1.68. The number of hydrogen-bond acceptors (Lipinski definition) is 3. The van der Waals surface area contributed by atoms with E-state index in [1.165, 1.54) is 4.90 Å². The molecule has 0 saturated carbocycles. The molecule has 3 heteroatoms. The first-order valence-corrected chi connectivity index (χ1v) is 5.02. The van der Waals surface area contributed by atoms with Gasteiger partial charge in [-0.15, -0.1) is 11.8 Å². The van der Waals surface area contributed by atoms with Gasteiger partial charge in [-0.25, -0.2) is 0 Å². The Morgan fingerprint density at radius 2 is 2.00 bits per heavy atom. The molecule has 1 aromatic rings. The number of rotatable bonds is 3. The molecule has 0 aromatic heterocycles. The molecule has 0 saturated heterocycles. The fourth-order valence-corrected chi connectivity index (χ4v) is 1.37. The highest BCUT2D eigenvalue weighted by molar-refractivity contribution is 7.98. The highest BCUT2D eigenvalue weighted by Crippen LogP contribution is 2.18. The average Bonchev–Trinajstić information content (AvgIpc) is 2.17. The Labute approximate surface area is 76.8 Å². The molecule has 66 valence electrons. The molecule has 0 aliphatic carbocycles. The summed E-state index contributed by atoms with van der Waals surface area (Å²) in [6, 6.07) is 7.78. The number of hydrogen-bond donors (Lipinski definition) is 2. The third-order valence-corrected chi connectivity index (χ3v) is 2.47. The SMILES string of the molecule is CSc1ccc([C@H](O)CN)cc1. The van der Waals surface area contributed by atoms with Crippen LogP contribution in [0.1, 0.15) is 11.7 Å². The molecular weight excluding hydrogens is 170 g/mol. The van der Waals surface area contributed by atoms with Crippen molar-refractivity contribution in [1.82, 2.24) is 0 Å². The van der Waals surface area contributed by atoms with Crippen LogP contribution in [0.3, 0.4) is 0 Å². The minimum absolute atomic E-state index is 0.276. The van der Waals surface area contributed by atoms with Crippen LogP contribution in [-0.4, -0.2) is 17.9 Å². The van der Waals surface area contributed by atoms with Crippen LogP contribution in [0.2, 0.25) is 0 Å². The third-order valence-electron chi connectivity index (χ3n) is 1.72. The van der Waals surface area contributed by atoms with Crippen LogP contribution in [0.15, 0.2) is 29.2 Å². The molecule has 2 nitrogen and oxygen atoms in total. The second kappa shape index (κ2) is 4.50. The van der Waals surface area contributed by atoms with Gasteiger partial charge >= 0.3 is 0 Å². The molecule has 1 rings (SSSR count). The number of thioether (sulfide) groups is 1. The van der Waals surface area contributed by atoms with Crippen LogP contribution in [-0.2, 0) is 0 Å². The molecule has 1 aromatic carbocycles. The first-order valence-electron chi connectivity index (χ1n) is 3.80. The van der Waals surface area contributed by atoms with Crippen molar-refractivity contribution in [3.8, 4) is 0 Å². The molecule has 0 unspecified atom stereocenters. The van der Waals surface area contributed by atoms with Gasteiger partial charge in [0.15, 0.2) is 0 Å². The summed E-state index contributed by atoms with van der Waals surface area (Å²) in [4.78, 5) is 1.20. The van der Waals surface area contributed by atoms with E-state index in [9.17, 15) is 5.11 Å². The Hall–Kier alpha value is -0.510. The topological polar surface area (TPSA) is 46.2 Å². The van der Waals surface area contributed by atoms with E-state index >= 15 is 0 Å². The maximum absolute atomic E-state index is 9.36. The third kappa shape index (κ3) is 2.24. The molecular formula is C9H13NOS. The highest BCUT2D eigenvalue weighted by atomic mass is 32.2. The molecule has 0 heterocycles. The predicted molar refractivity (Wildman–Crippen MR) is 52.2 cm³/mol. The Kier molecular flexibility index (Phi) is 3.59. The van der Waals surface area contributed by atoms with E-state index < -0.39 is 6.10 Å². The first-order chi connectivity index (χ1) is 5.77. The van der Waals surface area contributed by atoms with Crippen molar-refractivity contribution in [1.29, 1.82) is 0 Å². The summed E-state index contributed by atoms with van der Waals surface area (Å²) < 4.78 is 0. The number of aliphatic hydroxyl groups is 1. The van der Waals surface area contributed by atoms with E-state index in [4.69, 9.17) is 5.73 Å². The van der Waals surface area contributed by atoms with Crippen molar-refractivity contribution in [2.45, 2.75) is 11.0 Å². The zero-order chi connectivity index (χ0) is 8.97. The molecule has 0 aliphatic rings. The standard InChI is InChI=1S/C9H13NOS/c1-12-8-4-2-7(3-5-8)9(11)6-10/h2-5,9,11H,6,10H2,1H3/t9-/m1/s1. The minimum atomic E-state index is -0.527. The second-order valence-electron chi connectivity index (χ2n) is 2.52. The Bertz CT molecular complexity index is 235. The first kappa shape index (κ1) is 9.58. The monoisotopic (exact) mass is 183 g/mol. The van der Waals surface area contributed by atoms with Gasteiger partial charge in [0, 0.05) is 11.4 Å². The molecule has 0 bridgehead atoms. The van der Waals surface area contributed by atoms with Gasteiger partial charge in [-0.2, -0.15) is 0 Å². The molecule has 12 heavy (non-hydrogen) atoms. The van der Waals surface area contributed by atoms with Gasteiger partial charge < -0.3 is 10.8 Å².